The minimum absolute atomic E-state index is 0.00274. The summed E-state index contributed by atoms with van der Waals surface area (Å²) in [6, 6.07) is 7.29. The Hall–Kier alpha value is -3.09. The molecule has 0 aliphatic rings. The van der Waals surface area contributed by atoms with Crippen LogP contribution in [0.15, 0.2) is 34.7 Å². The normalized spacial score (nSPS) is 10.9. The molecule has 3 N–H and O–H groups in total. The maximum atomic E-state index is 12.4. The lowest BCUT2D eigenvalue weighted by atomic mass is 10.1. The van der Waals surface area contributed by atoms with Crippen LogP contribution in [0.1, 0.15) is 10.4 Å². The predicted octanol–water partition coefficient (Wildman–Crippen LogP) is 1.79. The molecule has 3 rings (SSSR count). The Kier molecular flexibility index (Phi) is 2.76. The van der Waals surface area contributed by atoms with Gasteiger partial charge in [0, 0.05) is 17.0 Å². The van der Waals surface area contributed by atoms with E-state index in [4.69, 9.17) is 20.0 Å². The third kappa shape index (κ3) is 1.95. The SMILES string of the molecule is COc1ccc2oc3cc(C(=O)O)c(N)cc3[n+](=O)c2c1. The number of nitrogens with two attached hydrogens (primary N) is 1. The molecule has 106 valence electrons. The number of aromatic nitrogens is 1. The highest BCUT2D eigenvalue weighted by molar-refractivity contribution is 5.98. The van der Waals surface area contributed by atoms with Gasteiger partial charge in [-0.3, -0.25) is 0 Å². The van der Waals surface area contributed by atoms with Crippen molar-refractivity contribution in [1.29, 1.82) is 0 Å². The van der Waals surface area contributed by atoms with Gasteiger partial charge in [0.2, 0.25) is 11.2 Å². The second-order valence-electron chi connectivity index (χ2n) is 4.44. The van der Waals surface area contributed by atoms with Crippen molar-refractivity contribution in [2.24, 2.45) is 0 Å². The highest BCUT2D eigenvalue weighted by Crippen LogP contribution is 2.24. The van der Waals surface area contributed by atoms with E-state index in [0.29, 0.717) is 15.8 Å². The number of nitrogens with zero attached hydrogens (tertiary/aromatic N) is 1. The van der Waals surface area contributed by atoms with E-state index in [0.717, 1.165) is 0 Å². The zero-order chi connectivity index (χ0) is 15.1. The lowest BCUT2D eigenvalue weighted by molar-refractivity contribution is -0.433. The van der Waals surface area contributed by atoms with Crippen molar-refractivity contribution >= 4 is 33.9 Å². The molecule has 0 saturated heterocycles. The van der Waals surface area contributed by atoms with Crippen molar-refractivity contribution in [3.05, 3.63) is 40.8 Å². The molecule has 0 fully saturated rings. The van der Waals surface area contributed by atoms with Gasteiger partial charge in [-0.1, -0.05) is 0 Å². The highest BCUT2D eigenvalue weighted by atomic mass is 16.5. The van der Waals surface area contributed by atoms with Crippen LogP contribution in [0.3, 0.4) is 0 Å². The number of fused-ring (bicyclic) bond motifs is 2. The van der Waals surface area contributed by atoms with Crippen molar-refractivity contribution in [2.45, 2.75) is 0 Å². The first-order valence-corrected chi connectivity index (χ1v) is 6.01. The summed E-state index contributed by atoms with van der Waals surface area (Å²) in [6.45, 7) is 0. The summed E-state index contributed by atoms with van der Waals surface area (Å²) in [5.74, 6) is -0.673. The average Bonchev–Trinajstić information content (AvgIpc) is 2.47. The second-order valence-corrected chi connectivity index (χ2v) is 4.44. The second kappa shape index (κ2) is 4.48. The molecule has 0 unspecified atom stereocenters. The van der Waals surface area contributed by atoms with Crippen LogP contribution in [0.5, 0.6) is 5.75 Å². The maximum absolute atomic E-state index is 12.4. The largest absolute Gasteiger partial charge is 0.496 e. The topological polar surface area (TPSA) is 109 Å². The van der Waals surface area contributed by atoms with Gasteiger partial charge in [-0.25, -0.2) is 4.79 Å². The summed E-state index contributed by atoms with van der Waals surface area (Å²) < 4.78 is 11.3. The van der Waals surface area contributed by atoms with Crippen LogP contribution >= 0.6 is 0 Å². The minimum atomic E-state index is -1.18. The quantitative estimate of drug-likeness (QED) is 0.422. The number of hydrogen-bond donors (Lipinski definition) is 2. The van der Waals surface area contributed by atoms with E-state index in [-0.39, 0.29) is 27.9 Å². The number of carbonyl (C=O) groups is 1. The number of ether oxygens (including phenoxy) is 1. The molecule has 1 aromatic heterocycles. The number of anilines is 1. The molecular formula is C14H11N2O5+. The number of aromatic carboxylic acids is 1. The molecule has 0 aliphatic carbocycles. The maximum Gasteiger partial charge on any atom is 0.337 e. The molecule has 0 aliphatic heterocycles. The molecule has 0 spiro atoms. The van der Waals surface area contributed by atoms with Crippen molar-refractivity contribution in [3.63, 3.8) is 0 Å². The van der Waals surface area contributed by atoms with Gasteiger partial charge >= 0.3 is 17.0 Å². The summed E-state index contributed by atoms with van der Waals surface area (Å²) in [6.07, 6.45) is 0. The van der Waals surface area contributed by atoms with Crippen molar-refractivity contribution in [2.75, 3.05) is 12.8 Å². The predicted molar refractivity (Wildman–Crippen MR) is 75.0 cm³/mol. The molecule has 2 aromatic carbocycles. The van der Waals surface area contributed by atoms with E-state index in [1.807, 2.05) is 0 Å². The third-order valence-corrected chi connectivity index (χ3v) is 3.19. The molecule has 0 amide bonds. The lowest BCUT2D eigenvalue weighted by Gasteiger charge is -2.01. The molecule has 0 radical (unpaired) electrons. The fourth-order valence-electron chi connectivity index (χ4n) is 2.13. The van der Waals surface area contributed by atoms with Gasteiger partial charge < -0.3 is 20.0 Å². The number of nitrogen functional groups attached to an aromatic ring is 1. The van der Waals surface area contributed by atoms with E-state index >= 15 is 0 Å². The number of hydrogen-bond acceptors (Lipinski definition) is 5. The van der Waals surface area contributed by atoms with E-state index in [1.165, 1.54) is 25.3 Å². The first-order valence-electron chi connectivity index (χ1n) is 6.01. The fraction of sp³-hybridized carbons (Fsp3) is 0.0714. The number of carboxylic acids is 1. The Morgan fingerprint density at radius 2 is 1.95 bits per heavy atom. The van der Waals surface area contributed by atoms with Gasteiger partial charge in [0.15, 0.2) is 0 Å². The number of rotatable bonds is 2. The highest BCUT2D eigenvalue weighted by Gasteiger charge is 2.21. The molecular weight excluding hydrogens is 276 g/mol. The van der Waals surface area contributed by atoms with Crippen LogP contribution in [-0.4, -0.2) is 18.2 Å². The van der Waals surface area contributed by atoms with Crippen LogP contribution in [0.4, 0.5) is 5.69 Å². The van der Waals surface area contributed by atoms with Gasteiger partial charge in [0.25, 0.3) is 0 Å². The first-order chi connectivity index (χ1) is 10.0. The summed E-state index contributed by atoms with van der Waals surface area (Å²) >= 11 is 0. The van der Waals surface area contributed by atoms with E-state index in [1.54, 1.807) is 12.1 Å². The van der Waals surface area contributed by atoms with E-state index in [2.05, 4.69) is 0 Å². The minimum Gasteiger partial charge on any atom is -0.496 e. The number of carboxylic acid groups (broad SMARTS) is 1. The van der Waals surface area contributed by atoms with E-state index in [9.17, 15) is 9.70 Å². The standard InChI is InChI=1S/C14H10N2O5/c1-20-7-2-3-12-10(4-7)16(19)11-6-9(15)8(14(17)18)5-13(11)21-12/h2-6H,15H2,1H3/p+1. The van der Waals surface area contributed by atoms with Crippen LogP contribution in [0, 0.1) is 4.91 Å². The molecule has 3 aromatic rings. The van der Waals surface area contributed by atoms with Crippen molar-refractivity contribution in [3.8, 4) is 5.75 Å². The average molecular weight is 287 g/mol. The molecule has 0 saturated carbocycles. The summed E-state index contributed by atoms with van der Waals surface area (Å²) in [5, 5.41) is 9.05. The molecule has 0 atom stereocenters. The van der Waals surface area contributed by atoms with Gasteiger partial charge in [-0.2, -0.15) is 0 Å². The Labute approximate surface area is 117 Å². The molecule has 0 bridgehead atoms. The van der Waals surface area contributed by atoms with Crippen molar-refractivity contribution < 1.29 is 23.5 Å². The van der Waals surface area contributed by atoms with Crippen LogP contribution in [-0.2, 0) is 0 Å². The smallest absolute Gasteiger partial charge is 0.337 e. The van der Waals surface area contributed by atoms with Crippen LogP contribution < -0.4 is 14.9 Å². The van der Waals surface area contributed by atoms with Gasteiger partial charge in [0.05, 0.1) is 28.9 Å². The Morgan fingerprint density at radius 1 is 1.24 bits per heavy atom. The zero-order valence-electron chi connectivity index (χ0n) is 11.0. The Morgan fingerprint density at radius 3 is 2.62 bits per heavy atom. The summed E-state index contributed by atoms with van der Waals surface area (Å²) in [7, 11) is 1.49. The van der Waals surface area contributed by atoms with Gasteiger partial charge in [-0.15, -0.1) is 0 Å². The van der Waals surface area contributed by atoms with Gasteiger partial charge in [0.1, 0.15) is 5.75 Å². The van der Waals surface area contributed by atoms with Crippen molar-refractivity contribution in [1.82, 2.24) is 0 Å². The number of methoxy groups -OCH3 is 1. The van der Waals surface area contributed by atoms with Crippen LogP contribution in [0.25, 0.3) is 22.2 Å². The Bertz CT molecular complexity index is 945. The molecule has 21 heavy (non-hydrogen) atoms. The monoisotopic (exact) mass is 287 g/mol. The van der Waals surface area contributed by atoms with Gasteiger partial charge in [-0.05, 0) is 12.1 Å². The van der Waals surface area contributed by atoms with Crippen LogP contribution in [0.2, 0.25) is 0 Å². The Balaban J connectivity index is 2.44. The summed E-state index contributed by atoms with van der Waals surface area (Å²) in [4.78, 5) is 23.5. The number of benzene rings is 2. The summed E-state index contributed by atoms with van der Waals surface area (Å²) in [5.41, 5.74) is 6.43. The molecule has 7 heteroatoms. The first kappa shape index (κ1) is 12.9. The molecule has 1 heterocycles. The zero-order valence-corrected chi connectivity index (χ0v) is 11.0. The fourth-order valence-corrected chi connectivity index (χ4v) is 2.13. The lowest BCUT2D eigenvalue weighted by Crippen LogP contribution is -2.17. The van der Waals surface area contributed by atoms with E-state index < -0.39 is 5.97 Å². The molecule has 7 nitrogen and oxygen atoms in total. The third-order valence-electron chi connectivity index (χ3n) is 3.19.